The number of aromatic nitrogens is 1. The molecular formula is C22H19ClN2O2. The smallest absolute Gasteiger partial charge is 0.251 e. The van der Waals surface area contributed by atoms with Crippen molar-refractivity contribution in [3.05, 3.63) is 82.6 Å². The molecule has 2 heterocycles. The van der Waals surface area contributed by atoms with Crippen molar-refractivity contribution < 1.29 is 9.53 Å². The van der Waals surface area contributed by atoms with Gasteiger partial charge in [-0.2, -0.15) is 0 Å². The van der Waals surface area contributed by atoms with Gasteiger partial charge in [-0.15, -0.1) is 0 Å². The minimum absolute atomic E-state index is 0.0833. The summed E-state index contributed by atoms with van der Waals surface area (Å²) >= 11 is 6.31. The van der Waals surface area contributed by atoms with Crippen LogP contribution in [0.15, 0.2) is 60.9 Å². The maximum Gasteiger partial charge on any atom is 0.251 e. The number of halogens is 1. The molecule has 0 saturated carbocycles. The highest BCUT2D eigenvalue weighted by molar-refractivity contribution is 6.31. The zero-order valence-corrected chi connectivity index (χ0v) is 15.7. The van der Waals surface area contributed by atoms with E-state index in [2.05, 4.69) is 10.3 Å². The number of benzene rings is 2. The Morgan fingerprint density at radius 1 is 1.22 bits per heavy atom. The number of aryl methyl sites for hydroxylation is 1. The van der Waals surface area contributed by atoms with Gasteiger partial charge in [0.2, 0.25) is 0 Å². The molecule has 1 N–H and O–H groups in total. The molecule has 0 unspecified atom stereocenters. The summed E-state index contributed by atoms with van der Waals surface area (Å²) in [5.41, 5.74) is 4.66. The van der Waals surface area contributed by atoms with Crippen LogP contribution < -0.4 is 10.1 Å². The first kappa shape index (κ1) is 17.6. The van der Waals surface area contributed by atoms with Gasteiger partial charge in [-0.05, 0) is 48.4 Å². The highest BCUT2D eigenvalue weighted by atomic mass is 35.5. The van der Waals surface area contributed by atoms with Crippen molar-refractivity contribution in [3.8, 4) is 16.9 Å². The number of fused-ring (bicyclic) bond motifs is 1. The highest BCUT2D eigenvalue weighted by Gasteiger charge is 2.27. The number of amides is 1. The van der Waals surface area contributed by atoms with Crippen molar-refractivity contribution in [1.29, 1.82) is 0 Å². The van der Waals surface area contributed by atoms with Crippen LogP contribution in [-0.4, -0.2) is 23.5 Å². The second kappa shape index (κ2) is 7.41. The molecule has 4 rings (SSSR count). The van der Waals surface area contributed by atoms with Crippen molar-refractivity contribution in [2.24, 2.45) is 0 Å². The van der Waals surface area contributed by atoms with Gasteiger partial charge in [-0.1, -0.05) is 29.8 Å². The third kappa shape index (κ3) is 3.67. The highest BCUT2D eigenvalue weighted by Crippen LogP contribution is 2.40. The van der Waals surface area contributed by atoms with E-state index in [0.29, 0.717) is 23.6 Å². The summed E-state index contributed by atoms with van der Waals surface area (Å²) in [6.45, 7) is 2.37. The molecule has 1 aromatic heterocycles. The van der Waals surface area contributed by atoms with Crippen LogP contribution in [-0.2, 0) is 6.42 Å². The van der Waals surface area contributed by atoms with Crippen LogP contribution in [0.5, 0.6) is 5.75 Å². The molecule has 0 saturated heterocycles. The number of carbonyl (C=O) groups is 1. The van der Waals surface area contributed by atoms with E-state index in [9.17, 15) is 4.79 Å². The molecule has 0 fully saturated rings. The lowest BCUT2D eigenvalue weighted by Gasteiger charge is -2.14. The molecule has 2 aromatic carbocycles. The third-order valence-corrected chi connectivity index (χ3v) is 4.95. The van der Waals surface area contributed by atoms with Crippen molar-refractivity contribution >= 4 is 17.5 Å². The van der Waals surface area contributed by atoms with E-state index in [0.717, 1.165) is 28.0 Å². The van der Waals surface area contributed by atoms with Crippen LogP contribution >= 0.6 is 11.6 Å². The molecule has 3 aromatic rings. The molecule has 27 heavy (non-hydrogen) atoms. The average molecular weight is 379 g/mol. The summed E-state index contributed by atoms with van der Waals surface area (Å²) < 4.78 is 6.17. The number of rotatable bonds is 4. The Kier molecular flexibility index (Phi) is 4.82. The molecule has 136 valence electrons. The largest absolute Gasteiger partial charge is 0.487 e. The van der Waals surface area contributed by atoms with E-state index in [1.54, 1.807) is 12.4 Å². The van der Waals surface area contributed by atoms with Gasteiger partial charge < -0.3 is 10.1 Å². The molecule has 4 nitrogen and oxygen atoms in total. The van der Waals surface area contributed by atoms with Gasteiger partial charge in [-0.3, -0.25) is 9.78 Å². The van der Waals surface area contributed by atoms with Crippen molar-refractivity contribution in [2.45, 2.75) is 19.4 Å². The van der Waals surface area contributed by atoms with Crippen molar-refractivity contribution in [2.75, 3.05) is 6.54 Å². The minimum Gasteiger partial charge on any atom is -0.487 e. The Morgan fingerprint density at radius 2 is 2.00 bits per heavy atom. The molecule has 5 heteroatoms. The van der Waals surface area contributed by atoms with E-state index in [-0.39, 0.29) is 12.0 Å². The number of carbonyl (C=O) groups excluding carboxylic acids is 1. The zero-order chi connectivity index (χ0) is 18.8. The summed E-state index contributed by atoms with van der Waals surface area (Å²) in [5, 5.41) is 3.66. The van der Waals surface area contributed by atoms with Crippen LogP contribution in [0, 0.1) is 6.92 Å². The maximum atomic E-state index is 12.4. The summed E-state index contributed by atoms with van der Waals surface area (Å²) in [4.78, 5) is 16.5. The van der Waals surface area contributed by atoms with Crippen LogP contribution in [0.3, 0.4) is 0 Å². The Balaban J connectivity index is 1.50. The van der Waals surface area contributed by atoms with E-state index >= 15 is 0 Å². The number of hydrogen-bond acceptors (Lipinski definition) is 3. The van der Waals surface area contributed by atoms with Crippen LogP contribution in [0.25, 0.3) is 11.1 Å². The second-order valence-corrected chi connectivity index (χ2v) is 7.08. The quantitative estimate of drug-likeness (QED) is 0.730. The molecule has 0 bridgehead atoms. The van der Waals surface area contributed by atoms with E-state index in [1.807, 2.05) is 55.5 Å². The number of nitrogens with zero attached hydrogens (tertiary/aromatic N) is 1. The standard InChI is InChI=1S/C22H19ClN2O2/c1-14-4-2-3-5-19(14)22(26)25-13-18-11-16-10-17(23)12-20(21(16)27-18)15-6-8-24-9-7-15/h2-10,12,18H,11,13H2,1H3,(H,25,26)/t18-/m1/s1. The normalized spacial score (nSPS) is 15.1. The van der Waals surface area contributed by atoms with E-state index in [1.165, 1.54) is 0 Å². The fourth-order valence-corrected chi connectivity index (χ4v) is 3.62. The number of pyridine rings is 1. The van der Waals surface area contributed by atoms with Gasteiger partial charge in [0.1, 0.15) is 11.9 Å². The number of ether oxygens (including phenoxy) is 1. The van der Waals surface area contributed by atoms with Gasteiger partial charge in [0.15, 0.2) is 0 Å². The lowest BCUT2D eigenvalue weighted by atomic mass is 10.0. The first-order valence-electron chi connectivity index (χ1n) is 8.85. The second-order valence-electron chi connectivity index (χ2n) is 6.65. The molecule has 1 aliphatic rings. The van der Waals surface area contributed by atoms with Gasteiger partial charge in [0, 0.05) is 40.5 Å². The molecule has 1 atom stereocenters. The predicted octanol–water partition coefficient (Wildman–Crippen LogP) is 4.44. The first-order chi connectivity index (χ1) is 13.1. The van der Waals surface area contributed by atoms with Gasteiger partial charge in [0.25, 0.3) is 5.91 Å². The summed E-state index contributed by atoms with van der Waals surface area (Å²) in [6, 6.07) is 15.3. The first-order valence-corrected chi connectivity index (χ1v) is 9.23. The van der Waals surface area contributed by atoms with Crippen LogP contribution in [0.1, 0.15) is 21.5 Å². The summed E-state index contributed by atoms with van der Waals surface area (Å²) in [6.07, 6.45) is 4.09. The van der Waals surface area contributed by atoms with E-state index < -0.39 is 0 Å². The van der Waals surface area contributed by atoms with Gasteiger partial charge in [0.05, 0.1) is 6.54 Å². The topological polar surface area (TPSA) is 51.2 Å². The minimum atomic E-state index is -0.118. The van der Waals surface area contributed by atoms with Crippen LogP contribution in [0.4, 0.5) is 0 Å². The Labute approximate surface area is 163 Å². The molecule has 0 spiro atoms. The summed E-state index contributed by atoms with van der Waals surface area (Å²) in [5.74, 6) is 0.751. The Hall–Kier alpha value is -2.85. The average Bonchev–Trinajstić information content (AvgIpc) is 3.09. The maximum absolute atomic E-state index is 12.4. The van der Waals surface area contributed by atoms with E-state index in [4.69, 9.17) is 16.3 Å². The zero-order valence-electron chi connectivity index (χ0n) is 14.9. The lowest BCUT2D eigenvalue weighted by molar-refractivity contribution is 0.0933. The van der Waals surface area contributed by atoms with Crippen molar-refractivity contribution in [1.82, 2.24) is 10.3 Å². The third-order valence-electron chi connectivity index (χ3n) is 4.73. The van der Waals surface area contributed by atoms with Gasteiger partial charge >= 0.3 is 0 Å². The molecule has 0 radical (unpaired) electrons. The Bertz CT molecular complexity index is 989. The predicted molar refractivity (Wildman–Crippen MR) is 106 cm³/mol. The van der Waals surface area contributed by atoms with Crippen molar-refractivity contribution in [3.63, 3.8) is 0 Å². The monoisotopic (exact) mass is 378 g/mol. The molecule has 1 aliphatic heterocycles. The van der Waals surface area contributed by atoms with Crippen LogP contribution in [0.2, 0.25) is 5.02 Å². The summed E-state index contributed by atoms with van der Waals surface area (Å²) in [7, 11) is 0. The molecular weight excluding hydrogens is 360 g/mol. The molecule has 0 aliphatic carbocycles. The Morgan fingerprint density at radius 3 is 2.78 bits per heavy atom. The van der Waals surface area contributed by atoms with Gasteiger partial charge in [-0.25, -0.2) is 0 Å². The fourth-order valence-electron chi connectivity index (χ4n) is 3.38. The molecule has 1 amide bonds. The SMILES string of the molecule is Cc1ccccc1C(=O)NC[C@H]1Cc2cc(Cl)cc(-c3ccncc3)c2O1. The fraction of sp³-hybridized carbons (Fsp3) is 0.182. The number of nitrogens with one attached hydrogen (secondary N) is 1. The lowest BCUT2D eigenvalue weighted by Crippen LogP contribution is -2.34. The number of hydrogen-bond donors (Lipinski definition) is 1.